The van der Waals surface area contributed by atoms with Gasteiger partial charge in [-0.3, -0.25) is 19.8 Å². The maximum atomic E-state index is 13.0. The predicted molar refractivity (Wildman–Crippen MR) is 136 cm³/mol. The molecule has 0 atom stereocenters. The largest absolute Gasteiger partial charge is 0.348 e. The number of aromatic amines is 1. The van der Waals surface area contributed by atoms with Crippen LogP contribution in [0.2, 0.25) is 0 Å². The normalized spacial score (nSPS) is 19.7. The summed E-state index contributed by atoms with van der Waals surface area (Å²) in [5.41, 5.74) is 4.70. The number of likely N-dealkylation sites (tertiary alicyclic amines) is 2. The molecule has 2 aliphatic rings. The van der Waals surface area contributed by atoms with Gasteiger partial charge in [-0.2, -0.15) is 5.10 Å². The summed E-state index contributed by atoms with van der Waals surface area (Å²) in [5.74, 6) is -0.101. The Balaban J connectivity index is 1.52. The van der Waals surface area contributed by atoms with Gasteiger partial charge in [-0.25, -0.2) is 0 Å². The van der Waals surface area contributed by atoms with E-state index in [1.165, 1.54) is 19.3 Å². The topological polar surface area (TPSA) is 76.6 Å². The van der Waals surface area contributed by atoms with Crippen LogP contribution in [0.5, 0.6) is 0 Å². The summed E-state index contributed by atoms with van der Waals surface area (Å²) in [6.45, 7) is 10.9. The minimum Gasteiger partial charge on any atom is -0.348 e. The van der Waals surface area contributed by atoms with Gasteiger partial charge in [0.25, 0.3) is 5.91 Å². The lowest BCUT2D eigenvalue weighted by atomic mass is 10.0. The van der Waals surface area contributed by atoms with E-state index in [1.807, 2.05) is 12.3 Å². The lowest BCUT2D eigenvalue weighted by molar-refractivity contribution is 0.0913. The number of piperidine rings is 2. The molecule has 0 saturated carbocycles. The molecular formula is C26H36N6O. The Bertz CT molecular complexity index is 1040. The van der Waals surface area contributed by atoms with Crippen molar-refractivity contribution in [2.24, 2.45) is 4.99 Å². The molecule has 0 bridgehead atoms. The first kappa shape index (κ1) is 23.4. The highest BCUT2D eigenvalue weighted by Crippen LogP contribution is 2.24. The van der Waals surface area contributed by atoms with E-state index in [2.05, 4.69) is 69.2 Å². The third kappa shape index (κ3) is 5.97. The Hall–Kier alpha value is -2.77. The highest BCUT2D eigenvalue weighted by molar-refractivity contribution is 6.05. The van der Waals surface area contributed by atoms with Crippen molar-refractivity contribution in [3.05, 3.63) is 47.3 Å². The maximum Gasteiger partial charge on any atom is 0.272 e. The predicted octanol–water partition coefficient (Wildman–Crippen LogP) is 3.86. The second kappa shape index (κ2) is 10.9. The van der Waals surface area contributed by atoms with Crippen molar-refractivity contribution >= 4 is 29.1 Å². The number of rotatable bonds is 7. The number of nitrogens with zero attached hydrogens (tertiary/aromatic N) is 4. The van der Waals surface area contributed by atoms with Crippen LogP contribution in [0.15, 0.2) is 41.0 Å². The molecule has 4 rings (SSSR count). The van der Waals surface area contributed by atoms with Gasteiger partial charge in [-0.05, 0) is 101 Å². The van der Waals surface area contributed by atoms with Gasteiger partial charge in [-0.1, -0.05) is 18.6 Å². The van der Waals surface area contributed by atoms with Crippen LogP contribution in [0.3, 0.4) is 0 Å². The highest BCUT2D eigenvalue weighted by Gasteiger charge is 2.22. The zero-order valence-electron chi connectivity index (χ0n) is 19.9. The second-order valence-corrected chi connectivity index (χ2v) is 9.43. The van der Waals surface area contributed by atoms with Crippen LogP contribution in [0.25, 0.3) is 16.5 Å². The Morgan fingerprint density at radius 1 is 1.24 bits per heavy atom. The van der Waals surface area contributed by atoms with Crippen LogP contribution in [0, 0.1) is 0 Å². The average molecular weight is 449 g/mol. The van der Waals surface area contributed by atoms with Gasteiger partial charge < -0.3 is 10.2 Å². The molecule has 0 spiro atoms. The molecule has 1 aromatic heterocycles. The van der Waals surface area contributed by atoms with Crippen LogP contribution >= 0.6 is 0 Å². The van der Waals surface area contributed by atoms with E-state index in [-0.39, 0.29) is 11.9 Å². The van der Waals surface area contributed by atoms with Gasteiger partial charge in [0.05, 0.1) is 5.52 Å². The summed E-state index contributed by atoms with van der Waals surface area (Å²) in [4.78, 5) is 21.8. The van der Waals surface area contributed by atoms with Crippen molar-refractivity contribution in [1.29, 1.82) is 0 Å². The van der Waals surface area contributed by atoms with Gasteiger partial charge in [-0.15, -0.1) is 0 Å². The Kier molecular flexibility index (Phi) is 7.73. The van der Waals surface area contributed by atoms with Crippen LogP contribution < -0.4 is 5.32 Å². The van der Waals surface area contributed by atoms with Gasteiger partial charge in [0.1, 0.15) is 0 Å². The molecular weight excluding hydrogens is 412 g/mol. The van der Waals surface area contributed by atoms with E-state index in [4.69, 9.17) is 0 Å². The van der Waals surface area contributed by atoms with Crippen molar-refractivity contribution < 1.29 is 4.79 Å². The monoisotopic (exact) mass is 448 g/mol. The number of benzene rings is 1. The zero-order chi connectivity index (χ0) is 23.2. The average Bonchev–Trinajstić information content (AvgIpc) is 3.25. The Labute approximate surface area is 196 Å². The molecule has 33 heavy (non-hydrogen) atoms. The molecule has 0 unspecified atom stereocenters. The molecule has 2 fully saturated rings. The third-order valence-corrected chi connectivity index (χ3v) is 6.80. The number of aliphatic imine (C=N–C) groups is 1. The molecule has 7 nitrogen and oxygen atoms in total. The van der Waals surface area contributed by atoms with Crippen molar-refractivity contribution in [2.75, 3.05) is 39.8 Å². The number of hydrogen-bond acceptors (Lipinski definition) is 5. The molecule has 2 aromatic rings. The SMILES string of the molecule is C=N/C=C(\C=C(/C)c1ccc2[nH]nc(C(=O)NC3CCN(C)CC3)c2c1)CN1CCCCC1. The number of carbonyl (C=O) groups excluding carboxylic acids is 1. The van der Waals surface area contributed by atoms with Crippen LogP contribution in [-0.2, 0) is 0 Å². The quantitative estimate of drug-likeness (QED) is 0.498. The fourth-order valence-electron chi connectivity index (χ4n) is 4.82. The maximum absolute atomic E-state index is 13.0. The number of allylic oxidation sites excluding steroid dienone is 1. The molecule has 2 N–H and O–H groups in total. The van der Waals surface area contributed by atoms with Crippen molar-refractivity contribution in [2.45, 2.75) is 45.1 Å². The molecule has 2 saturated heterocycles. The molecule has 0 aliphatic carbocycles. The molecule has 0 radical (unpaired) electrons. The first-order valence-corrected chi connectivity index (χ1v) is 12.1. The number of aromatic nitrogens is 2. The van der Waals surface area contributed by atoms with Crippen LogP contribution in [0.1, 0.15) is 55.1 Å². The molecule has 1 amide bonds. The van der Waals surface area contributed by atoms with Crippen LogP contribution in [0.4, 0.5) is 0 Å². The molecule has 1 aromatic carbocycles. The number of fused-ring (bicyclic) bond motifs is 1. The first-order chi connectivity index (χ1) is 16.0. The minimum atomic E-state index is -0.101. The summed E-state index contributed by atoms with van der Waals surface area (Å²) in [5, 5.41) is 11.4. The standard InChI is InChI=1S/C26H36N6O/c1-19(15-20(17-27-2)18-32-11-5-4-6-12-32)21-7-8-24-23(16-21)25(30-29-24)26(33)28-22-9-13-31(3)14-10-22/h7-8,15-17,22H,2,4-6,9-14,18H2,1,3H3,(H,28,33)(H,29,30)/b19-15+,20-17+. The summed E-state index contributed by atoms with van der Waals surface area (Å²) >= 11 is 0. The van der Waals surface area contributed by atoms with E-state index >= 15 is 0 Å². The van der Waals surface area contributed by atoms with E-state index in [0.717, 1.165) is 73.2 Å². The molecule has 3 heterocycles. The Morgan fingerprint density at radius 2 is 2.00 bits per heavy atom. The highest BCUT2D eigenvalue weighted by atomic mass is 16.2. The number of amides is 1. The third-order valence-electron chi connectivity index (χ3n) is 6.80. The zero-order valence-corrected chi connectivity index (χ0v) is 19.9. The number of carbonyl (C=O) groups is 1. The number of hydrogen-bond donors (Lipinski definition) is 2. The number of nitrogens with one attached hydrogen (secondary N) is 2. The van der Waals surface area contributed by atoms with Gasteiger partial charge >= 0.3 is 0 Å². The molecule has 176 valence electrons. The van der Waals surface area contributed by atoms with Crippen LogP contribution in [-0.4, -0.2) is 78.4 Å². The van der Waals surface area contributed by atoms with E-state index in [1.54, 1.807) is 0 Å². The van der Waals surface area contributed by atoms with E-state index in [0.29, 0.717) is 5.69 Å². The first-order valence-electron chi connectivity index (χ1n) is 12.1. The van der Waals surface area contributed by atoms with Gasteiger partial charge in [0.2, 0.25) is 0 Å². The lowest BCUT2D eigenvalue weighted by Crippen LogP contribution is -2.43. The summed E-state index contributed by atoms with van der Waals surface area (Å²) in [6, 6.07) is 6.35. The molecule has 2 aliphatic heterocycles. The van der Waals surface area contributed by atoms with Gasteiger partial charge in [0, 0.05) is 24.2 Å². The molecule has 7 heteroatoms. The van der Waals surface area contributed by atoms with Crippen molar-refractivity contribution in [1.82, 2.24) is 25.3 Å². The summed E-state index contributed by atoms with van der Waals surface area (Å²) < 4.78 is 0. The smallest absolute Gasteiger partial charge is 0.272 e. The number of H-pyrrole nitrogens is 1. The lowest BCUT2D eigenvalue weighted by Gasteiger charge is -2.29. The Morgan fingerprint density at radius 3 is 2.73 bits per heavy atom. The van der Waals surface area contributed by atoms with E-state index < -0.39 is 0 Å². The summed E-state index contributed by atoms with van der Waals surface area (Å²) in [7, 11) is 2.12. The summed E-state index contributed by atoms with van der Waals surface area (Å²) in [6.07, 6.45) is 9.83. The second-order valence-electron chi connectivity index (χ2n) is 9.43. The fraction of sp³-hybridized carbons (Fsp3) is 0.500. The van der Waals surface area contributed by atoms with Gasteiger partial charge in [0.15, 0.2) is 5.69 Å². The van der Waals surface area contributed by atoms with Crippen molar-refractivity contribution in [3.8, 4) is 0 Å². The van der Waals surface area contributed by atoms with E-state index in [9.17, 15) is 4.79 Å². The van der Waals surface area contributed by atoms with Crippen molar-refractivity contribution in [3.63, 3.8) is 0 Å². The minimum absolute atomic E-state index is 0.101. The fourth-order valence-corrected chi connectivity index (χ4v) is 4.82.